The molecule has 0 aliphatic heterocycles. The van der Waals surface area contributed by atoms with E-state index >= 15 is 0 Å². The molecule has 0 spiro atoms. The highest BCUT2D eigenvalue weighted by Gasteiger charge is 2.21. The number of ether oxygens (including phenoxy) is 1. The monoisotopic (exact) mass is 273 g/mol. The van der Waals surface area contributed by atoms with Crippen molar-refractivity contribution < 1.29 is 19.0 Å². The zero-order valence-electron chi connectivity index (χ0n) is 10.6. The summed E-state index contributed by atoms with van der Waals surface area (Å²) in [6.45, 7) is 0. The minimum atomic E-state index is -1.10. The van der Waals surface area contributed by atoms with E-state index in [0.29, 0.717) is 0 Å². The number of aromatic carboxylic acids is 1. The molecule has 5 heteroatoms. The third-order valence-corrected chi connectivity index (χ3v) is 3.26. The second kappa shape index (κ2) is 4.92. The van der Waals surface area contributed by atoms with Crippen LogP contribution in [-0.2, 0) is 12.8 Å². The number of pyridine rings is 1. The molecule has 0 saturated heterocycles. The van der Waals surface area contributed by atoms with E-state index in [0.717, 1.165) is 30.5 Å². The van der Waals surface area contributed by atoms with E-state index in [4.69, 9.17) is 4.74 Å². The normalized spacial score (nSPS) is 13.1. The van der Waals surface area contributed by atoms with Gasteiger partial charge >= 0.3 is 5.97 Å². The van der Waals surface area contributed by atoms with Gasteiger partial charge in [0, 0.05) is 11.8 Å². The number of aromatic nitrogens is 1. The molecule has 102 valence electrons. The van der Waals surface area contributed by atoms with Crippen LogP contribution in [-0.4, -0.2) is 16.1 Å². The Balaban J connectivity index is 2.01. The highest BCUT2D eigenvalue weighted by molar-refractivity contribution is 5.90. The molecule has 0 saturated carbocycles. The lowest BCUT2D eigenvalue weighted by molar-refractivity contribution is 0.0693. The number of aryl methyl sites for hydroxylation is 2. The van der Waals surface area contributed by atoms with Crippen LogP contribution in [0, 0.1) is 5.82 Å². The Morgan fingerprint density at radius 3 is 2.90 bits per heavy atom. The number of benzene rings is 1. The van der Waals surface area contributed by atoms with Crippen LogP contribution in [0.4, 0.5) is 4.39 Å². The van der Waals surface area contributed by atoms with Crippen molar-refractivity contribution in [3.63, 3.8) is 0 Å². The van der Waals surface area contributed by atoms with E-state index in [9.17, 15) is 14.3 Å². The Hall–Kier alpha value is -2.43. The van der Waals surface area contributed by atoms with Gasteiger partial charge in [-0.05, 0) is 43.0 Å². The molecule has 2 aromatic rings. The summed E-state index contributed by atoms with van der Waals surface area (Å²) >= 11 is 0. The Morgan fingerprint density at radius 2 is 2.15 bits per heavy atom. The maximum atomic E-state index is 13.1. The molecule has 1 heterocycles. The molecule has 4 nitrogen and oxygen atoms in total. The first-order chi connectivity index (χ1) is 9.63. The second-order valence-electron chi connectivity index (χ2n) is 4.67. The molecule has 1 aliphatic carbocycles. The highest BCUT2D eigenvalue weighted by atomic mass is 19.1. The lowest BCUT2D eigenvalue weighted by atomic mass is 10.1. The van der Waals surface area contributed by atoms with Crippen LogP contribution in [0.15, 0.2) is 30.3 Å². The molecular formula is C15H12FNO3. The molecular weight excluding hydrogens is 261 g/mol. The molecule has 1 aromatic heterocycles. The maximum Gasteiger partial charge on any atom is 0.341 e. The Labute approximate surface area is 114 Å². The van der Waals surface area contributed by atoms with Gasteiger partial charge in [0.05, 0.1) is 0 Å². The number of carbonyl (C=O) groups is 1. The van der Waals surface area contributed by atoms with Gasteiger partial charge in [0.15, 0.2) is 0 Å². The van der Waals surface area contributed by atoms with Gasteiger partial charge in [-0.15, -0.1) is 0 Å². The fraction of sp³-hybridized carbons (Fsp3) is 0.200. The van der Waals surface area contributed by atoms with E-state index in [1.54, 1.807) is 12.1 Å². The van der Waals surface area contributed by atoms with Crippen molar-refractivity contribution in [2.75, 3.05) is 0 Å². The molecule has 3 rings (SSSR count). The van der Waals surface area contributed by atoms with Gasteiger partial charge in [-0.3, -0.25) is 0 Å². The molecule has 1 aromatic carbocycles. The lowest BCUT2D eigenvalue weighted by Gasteiger charge is -2.10. The van der Waals surface area contributed by atoms with Crippen molar-refractivity contribution in [2.45, 2.75) is 19.3 Å². The van der Waals surface area contributed by atoms with Crippen LogP contribution in [0.3, 0.4) is 0 Å². The van der Waals surface area contributed by atoms with Gasteiger partial charge in [0.2, 0.25) is 5.88 Å². The minimum Gasteiger partial charge on any atom is -0.477 e. The molecule has 0 fully saturated rings. The van der Waals surface area contributed by atoms with Gasteiger partial charge in [0.25, 0.3) is 0 Å². The molecule has 1 N–H and O–H groups in total. The smallest absolute Gasteiger partial charge is 0.341 e. The molecule has 0 amide bonds. The number of hydrogen-bond donors (Lipinski definition) is 1. The summed E-state index contributed by atoms with van der Waals surface area (Å²) in [5, 5.41) is 9.24. The minimum absolute atomic E-state index is 0.00918. The van der Waals surface area contributed by atoms with E-state index in [1.807, 2.05) is 0 Å². The van der Waals surface area contributed by atoms with Crippen LogP contribution >= 0.6 is 0 Å². The standard InChI is InChI=1S/C15H12FNO3/c16-10-4-2-5-11(8-10)20-14-12(15(18)19)7-9-3-1-6-13(9)17-14/h2,4-5,7-8H,1,3,6H2,(H,18,19). The quantitative estimate of drug-likeness (QED) is 0.932. The van der Waals surface area contributed by atoms with Crippen LogP contribution in [0.1, 0.15) is 28.0 Å². The average molecular weight is 273 g/mol. The number of rotatable bonds is 3. The molecule has 0 unspecified atom stereocenters. The van der Waals surface area contributed by atoms with Crippen LogP contribution in [0.2, 0.25) is 0 Å². The molecule has 0 atom stereocenters. The second-order valence-corrected chi connectivity index (χ2v) is 4.67. The van der Waals surface area contributed by atoms with Crippen LogP contribution < -0.4 is 4.74 Å². The Morgan fingerprint density at radius 1 is 1.30 bits per heavy atom. The molecule has 0 bridgehead atoms. The van der Waals surface area contributed by atoms with Crippen LogP contribution in [0.25, 0.3) is 0 Å². The van der Waals surface area contributed by atoms with Gasteiger partial charge in [-0.2, -0.15) is 0 Å². The average Bonchev–Trinajstić information content (AvgIpc) is 2.84. The van der Waals surface area contributed by atoms with Crippen molar-refractivity contribution in [2.24, 2.45) is 0 Å². The first kappa shape index (κ1) is 12.6. The SMILES string of the molecule is O=C(O)c1cc2c(nc1Oc1cccc(F)c1)CCC2. The summed E-state index contributed by atoms with van der Waals surface area (Å²) in [5.41, 5.74) is 1.82. The molecule has 20 heavy (non-hydrogen) atoms. The summed E-state index contributed by atoms with van der Waals surface area (Å²) in [7, 11) is 0. The van der Waals surface area contributed by atoms with E-state index in [2.05, 4.69) is 4.98 Å². The number of carboxylic acid groups (broad SMARTS) is 1. The van der Waals surface area contributed by atoms with Gasteiger partial charge in [0.1, 0.15) is 17.1 Å². The van der Waals surface area contributed by atoms with Crippen molar-refractivity contribution in [1.82, 2.24) is 4.98 Å². The summed E-state index contributed by atoms with van der Waals surface area (Å²) in [5.74, 6) is -1.29. The fourth-order valence-corrected chi connectivity index (χ4v) is 2.33. The number of hydrogen-bond acceptors (Lipinski definition) is 3. The Kier molecular flexibility index (Phi) is 3.10. The lowest BCUT2D eigenvalue weighted by Crippen LogP contribution is -2.05. The topological polar surface area (TPSA) is 59.4 Å². The van der Waals surface area contributed by atoms with Crippen molar-refractivity contribution in [3.8, 4) is 11.6 Å². The Bertz CT molecular complexity index is 685. The summed E-state index contributed by atoms with van der Waals surface area (Å²) in [6.07, 6.45) is 2.61. The van der Waals surface area contributed by atoms with Crippen molar-refractivity contribution in [1.29, 1.82) is 0 Å². The zero-order chi connectivity index (χ0) is 14.1. The third-order valence-electron chi connectivity index (χ3n) is 3.26. The summed E-state index contributed by atoms with van der Waals surface area (Å²) in [6, 6.07) is 7.15. The van der Waals surface area contributed by atoms with E-state index in [-0.39, 0.29) is 17.2 Å². The predicted molar refractivity (Wildman–Crippen MR) is 69.7 cm³/mol. The first-order valence-corrected chi connectivity index (χ1v) is 6.33. The number of nitrogens with zero attached hydrogens (tertiary/aromatic N) is 1. The largest absolute Gasteiger partial charge is 0.477 e. The predicted octanol–water partition coefficient (Wildman–Crippen LogP) is 3.20. The zero-order valence-corrected chi connectivity index (χ0v) is 10.6. The molecule has 1 aliphatic rings. The number of fused-ring (bicyclic) bond motifs is 1. The van der Waals surface area contributed by atoms with Gasteiger partial charge in [-0.25, -0.2) is 14.2 Å². The van der Waals surface area contributed by atoms with E-state index in [1.165, 1.54) is 18.2 Å². The maximum absolute atomic E-state index is 13.1. The van der Waals surface area contributed by atoms with Crippen LogP contribution in [0.5, 0.6) is 11.6 Å². The summed E-state index contributed by atoms with van der Waals surface area (Å²) < 4.78 is 18.6. The number of halogens is 1. The van der Waals surface area contributed by atoms with Crippen molar-refractivity contribution in [3.05, 3.63) is 53.0 Å². The van der Waals surface area contributed by atoms with Crippen molar-refractivity contribution >= 4 is 5.97 Å². The number of carboxylic acids is 1. The highest BCUT2D eigenvalue weighted by Crippen LogP contribution is 2.29. The summed E-state index contributed by atoms with van der Waals surface area (Å²) in [4.78, 5) is 15.6. The third kappa shape index (κ3) is 2.34. The van der Waals surface area contributed by atoms with Gasteiger partial charge < -0.3 is 9.84 Å². The van der Waals surface area contributed by atoms with E-state index < -0.39 is 11.8 Å². The molecule has 0 radical (unpaired) electrons. The first-order valence-electron chi connectivity index (χ1n) is 6.33. The fourth-order valence-electron chi connectivity index (χ4n) is 2.33. The van der Waals surface area contributed by atoms with Gasteiger partial charge in [-0.1, -0.05) is 6.07 Å².